The molecule has 0 radical (unpaired) electrons. The zero-order valence-corrected chi connectivity index (χ0v) is 13.3. The number of aryl methyl sites for hydroxylation is 2. The second kappa shape index (κ2) is 7.21. The van der Waals surface area contributed by atoms with Crippen molar-refractivity contribution in [2.45, 2.75) is 26.3 Å². The van der Waals surface area contributed by atoms with Crippen molar-refractivity contribution in [1.82, 2.24) is 5.32 Å². The van der Waals surface area contributed by atoms with Gasteiger partial charge in [-0.1, -0.05) is 18.2 Å². The number of hydrogen-bond acceptors (Lipinski definition) is 2. The smallest absolute Gasteiger partial charge is 0.326 e. The van der Waals surface area contributed by atoms with Gasteiger partial charge in [0.15, 0.2) is 0 Å². The Bertz CT molecular complexity index is 770. The van der Waals surface area contributed by atoms with E-state index in [0.717, 1.165) is 28.8 Å². The highest BCUT2D eigenvalue weighted by molar-refractivity contribution is 5.96. The van der Waals surface area contributed by atoms with Gasteiger partial charge < -0.3 is 10.4 Å². The Labute approximate surface area is 138 Å². The molecule has 1 atom stereocenters. The van der Waals surface area contributed by atoms with Crippen LogP contribution in [0.1, 0.15) is 27.0 Å². The minimum Gasteiger partial charge on any atom is -0.480 e. The zero-order valence-electron chi connectivity index (χ0n) is 13.3. The van der Waals surface area contributed by atoms with Crippen LogP contribution in [0.2, 0.25) is 0 Å². The largest absolute Gasteiger partial charge is 0.480 e. The molecule has 6 heteroatoms. The molecule has 0 bridgehead atoms. The molecule has 2 N–H and O–H groups in total. The molecule has 0 heterocycles. The summed E-state index contributed by atoms with van der Waals surface area (Å²) in [5, 5.41) is 11.7. The lowest BCUT2D eigenvalue weighted by molar-refractivity contribution is -0.139. The van der Waals surface area contributed by atoms with E-state index in [4.69, 9.17) is 0 Å². The Morgan fingerprint density at radius 2 is 1.75 bits per heavy atom. The van der Waals surface area contributed by atoms with Crippen LogP contribution in [0.3, 0.4) is 0 Å². The van der Waals surface area contributed by atoms with Crippen LogP contribution < -0.4 is 5.32 Å². The molecule has 2 aromatic rings. The fourth-order valence-electron chi connectivity index (χ4n) is 2.48. The minimum atomic E-state index is -1.23. The Balaban J connectivity index is 2.23. The summed E-state index contributed by atoms with van der Waals surface area (Å²) in [6.07, 6.45) is 0.0718. The molecule has 0 aromatic heterocycles. The quantitative estimate of drug-likeness (QED) is 0.884. The Kier molecular flexibility index (Phi) is 5.28. The van der Waals surface area contributed by atoms with Gasteiger partial charge in [0.2, 0.25) is 0 Å². The maximum Gasteiger partial charge on any atom is 0.326 e. The van der Waals surface area contributed by atoms with Crippen molar-refractivity contribution in [3.05, 3.63) is 70.3 Å². The molecular weight excluding hydrogens is 316 g/mol. The van der Waals surface area contributed by atoms with Crippen LogP contribution in [0.4, 0.5) is 8.78 Å². The molecule has 1 amide bonds. The number of aliphatic carboxylic acids is 1. The van der Waals surface area contributed by atoms with E-state index in [1.54, 1.807) is 0 Å². The monoisotopic (exact) mass is 333 g/mol. The third kappa shape index (κ3) is 3.95. The third-order valence-electron chi connectivity index (χ3n) is 3.83. The van der Waals surface area contributed by atoms with E-state index in [0.29, 0.717) is 6.07 Å². The van der Waals surface area contributed by atoms with E-state index in [2.05, 4.69) is 5.32 Å². The molecule has 2 rings (SSSR count). The first-order chi connectivity index (χ1) is 11.3. The molecule has 0 aliphatic carbocycles. The number of halogens is 2. The summed E-state index contributed by atoms with van der Waals surface area (Å²) in [4.78, 5) is 23.6. The molecule has 0 spiro atoms. The molecule has 4 nitrogen and oxygen atoms in total. The van der Waals surface area contributed by atoms with Gasteiger partial charge in [-0.25, -0.2) is 13.6 Å². The van der Waals surface area contributed by atoms with Gasteiger partial charge in [0.05, 0.1) is 5.56 Å². The van der Waals surface area contributed by atoms with Crippen molar-refractivity contribution in [3.8, 4) is 0 Å². The number of carbonyl (C=O) groups excluding carboxylic acids is 1. The van der Waals surface area contributed by atoms with Crippen molar-refractivity contribution < 1.29 is 23.5 Å². The molecular formula is C18H17F2NO3. The first kappa shape index (κ1) is 17.6. The second-order valence-corrected chi connectivity index (χ2v) is 5.56. The van der Waals surface area contributed by atoms with Gasteiger partial charge >= 0.3 is 5.97 Å². The van der Waals surface area contributed by atoms with Crippen LogP contribution in [0.25, 0.3) is 0 Å². The lowest BCUT2D eigenvalue weighted by atomic mass is 9.96. The predicted molar refractivity (Wildman–Crippen MR) is 84.9 cm³/mol. The van der Waals surface area contributed by atoms with Crippen molar-refractivity contribution >= 4 is 11.9 Å². The maximum atomic E-state index is 13.7. The van der Waals surface area contributed by atoms with E-state index in [-0.39, 0.29) is 6.42 Å². The summed E-state index contributed by atoms with van der Waals surface area (Å²) in [5.41, 5.74) is 2.22. The number of rotatable bonds is 5. The normalized spacial score (nSPS) is 11.8. The molecule has 126 valence electrons. The van der Waals surface area contributed by atoms with E-state index in [9.17, 15) is 23.5 Å². The number of carboxylic acids is 1. The summed E-state index contributed by atoms with van der Waals surface area (Å²) >= 11 is 0. The van der Waals surface area contributed by atoms with Crippen LogP contribution in [0.15, 0.2) is 36.4 Å². The van der Waals surface area contributed by atoms with Crippen molar-refractivity contribution in [2.75, 3.05) is 0 Å². The Morgan fingerprint density at radius 3 is 2.29 bits per heavy atom. The van der Waals surface area contributed by atoms with Crippen LogP contribution in [-0.4, -0.2) is 23.0 Å². The third-order valence-corrected chi connectivity index (χ3v) is 3.83. The summed E-state index contributed by atoms with van der Waals surface area (Å²) < 4.78 is 26.6. The Hall–Kier alpha value is -2.76. The van der Waals surface area contributed by atoms with Crippen LogP contribution in [0.5, 0.6) is 0 Å². The summed E-state index contributed by atoms with van der Waals surface area (Å²) in [5.74, 6) is -3.97. The van der Waals surface area contributed by atoms with Gasteiger partial charge in [-0.2, -0.15) is 0 Å². The molecule has 0 unspecified atom stereocenters. The number of amides is 1. The first-order valence-electron chi connectivity index (χ1n) is 7.33. The lowest BCUT2D eigenvalue weighted by Gasteiger charge is -2.17. The summed E-state index contributed by atoms with van der Waals surface area (Å²) in [6.45, 7) is 3.70. The van der Waals surface area contributed by atoms with Gasteiger partial charge in [-0.3, -0.25) is 4.79 Å². The number of hydrogen-bond donors (Lipinski definition) is 2. The highest BCUT2D eigenvalue weighted by Crippen LogP contribution is 2.16. The summed E-state index contributed by atoms with van der Waals surface area (Å²) in [7, 11) is 0. The number of carboxylic acid groups (broad SMARTS) is 1. The minimum absolute atomic E-state index is 0.0718. The number of carbonyl (C=O) groups is 2. The van der Waals surface area contributed by atoms with Gasteiger partial charge in [0.1, 0.15) is 17.7 Å². The fraction of sp³-hybridized carbons (Fsp3) is 0.222. The molecule has 2 aromatic carbocycles. The topological polar surface area (TPSA) is 66.4 Å². The van der Waals surface area contributed by atoms with Crippen molar-refractivity contribution in [1.29, 1.82) is 0 Å². The van der Waals surface area contributed by atoms with Crippen LogP contribution in [0, 0.1) is 25.5 Å². The lowest BCUT2D eigenvalue weighted by Crippen LogP contribution is -2.42. The van der Waals surface area contributed by atoms with E-state index in [1.165, 1.54) is 0 Å². The SMILES string of the molecule is Cc1cccc(C)c1C[C@@H](NC(=O)c1ccc(F)cc1F)C(=O)O. The van der Waals surface area contributed by atoms with Crippen molar-refractivity contribution in [2.24, 2.45) is 0 Å². The molecule has 0 saturated heterocycles. The zero-order chi connectivity index (χ0) is 17.9. The number of benzene rings is 2. The predicted octanol–water partition coefficient (Wildman–Crippen LogP) is 3.01. The van der Waals surface area contributed by atoms with Gasteiger partial charge in [0, 0.05) is 12.5 Å². The average Bonchev–Trinajstić information content (AvgIpc) is 2.49. The molecule has 0 saturated carbocycles. The second-order valence-electron chi connectivity index (χ2n) is 5.56. The van der Waals surface area contributed by atoms with E-state index >= 15 is 0 Å². The van der Waals surface area contributed by atoms with Crippen molar-refractivity contribution in [3.63, 3.8) is 0 Å². The first-order valence-corrected chi connectivity index (χ1v) is 7.33. The number of nitrogens with one attached hydrogen (secondary N) is 1. The van der Waals surface area contributed by atoms with Crippen LogP contribution >= 0.6 is 0 Å². The maximum absolute atomic E-state index is 13.7. The molecule has 0 aliphatic rings. The van der Waals surface area contributed by atoms with Gasteiger partial charge in [-0.15, -0.1) is 0 Å². The van der Waals surface area contributed by atoms with Crippen LogP contribution in [-0.2, 0) is 11.2 Å². The molecule has 0 aliphatic heterocycles. The molecule has 24 heavy (non-hydrogen) atoms. The summed E-state index contributed by atoms with van der Waals surface area (Å²) in [6, 6.07) is 6.84. The fourth-order valence-corrected chi connectivity index (χ4v) is 2.48. The highest BCUT2D eigenvalue weighted by Gasteiger charge is 2.24. The van der Waals surface area contributed by atoms with Gasteiger partial charge in [-0.05, 0) is 42.7 Å². The highest BCUT2D eigenvalue weighted by atomic mass is 19.1. The average molecular weight is 333 g/mol. The standard InChI is InChI=1S/C18H17F2NO3/c1-10-4-3-5-11(2)14(10)9-16(18(23)24)21-17(22)13-7-6-12(19)8-15(13)20/h3-8,16H,9H2,1-2H3,(H,21,22)(H,23,24)/t16-/m1/s1. The Morgan fingerprint density at radius 1 is 1.12 bits per heavy atom. The van der Waals surface area contributed by atoms with E-state index < -0.39 is 35.1 Å². The van der Waals surface area contributed by atoms with Gasteiger partial charge in [0.25, 0.3) is 5.91 Å². The molecule has 0 fully saturated rings. The van der Waals surface area contributed by atoms with E-state index in [1.807, 2.05) is 32.0 Å².